The highest BCUT2D eigenvalue weighted by Crippen LogP contribution is 2.21. The van der Waals surface area contributed by atoms with Gasteiger partial charge >= 0.3 is 0 Å². The molecule has 0 atom stereocenters. The number of benzene rings is 1. The van der Waals surface area contributed by atoms with E-state index in [4.69, 9.17) is 0 Å². The minimum absolute atomic E-state index is 0.0511. The number of rotatable bonds is 4. The second-order valence-corrected chi connectivity index (χ2v) is 5.59. The second-order valence-electron chi connectivity index (χ2n) is 4.80. The topological polar surface area (TPSA) is 29.1 Å². The zero-order valence-corrected chi connectivity index (χ0v) is 11.9. The van der Waals surface area contributed by atoms with E-state index in [-0.39, 0.29) is 15.8 Å². The summed E-state index contributed by atoms with van der Waals surface area (Å²) in [5.74, 6) is -0.676. The van der Waals surface area contributed by atoms with Gasteiger partial charge < -0.3 is 5.32 Å². The van der Waals surface area contributed by atoms with Crippen molar-refractivity contribution < 1.29 is 9.18 Å². The molecule has 94 valence electrons. The molecule has 0 unspecified atom stereocenters. The first-order valence-electron chi connectivity index (χ1n) is 5.59. The predicted molar refractivity (Wildman–Crippen MR) is 70.5 cm³/mol. The number of amides is 1. The molecule has 4 heteroatoms. The van der Waals surface area contributed by atoms with Gasteiger partial charge in [0, 0.05) is 6.54 Å². The second kappa shape index (κ2) is 5.63. The van der Waals surface area contributed by atoms with Gasteiger partial charge in [-0.2, -0.15) is 0 Å². The zero-order valence-electron chi connectivity index (χ0n) is 10.3. The lowest BCUT2D eigenvalue weighted by Crippen LogP contribution is -2.33. The maximum atomic E-state index is 13.3. The molecule has 0 fully saturated rings. The van der Waals surface area contributed by atoms with Crippen LogP contribution in [-0.2, 0) is 0 Å². The molecule has 0 spiro atoms. The van der Waals surface area contributed by atoms with Crippen molar-refractivity contribution in [3.05, 3.63) is 34.1 Å². The van der Waals surface area contributed by atoms with E-state index in [9.17, 15) is 9.18 Å². The molecule has 17 heavy (non-hydrogen) atoms. The number of hydrogen-bond donors (Lipinski definition) is 1. The van der Waals surface area contributed by atoms with Gasteiger partial charge in [-0.15, -0.1) is 0 Å². The zero-order chi connectivity index (χ0) is 13.1. The Bertz CT molecular complexity index is 418. The average Bonchev–Trinajstić information content (AvgIpc) is 2.30. The molecule has 1 aromatic carbocycles. The summed E-state index contributed by atoms with van der Waals surface area (Å²) in [5.41, 5.74) is 0.382. The third-order valence-electron chi connectivity index (χ3n) is 2.88. The number of hydrogen-bond acceptors (Lipinski definition) is 1. The van der Waals surface area contributed by atoms with Gasteiger partial charge in [0.25, 0.3) is 5.91 Å². The van der Waals surface area contributed by atoms with Crippen LogP contribution in [0, 0.1) is 11.2 Å². The molecule has 0 aliphatic heterocycles. The van der Waals surface area contributed by atoms with Crippen molar-refractivity contribution in [2.75, 3.05) is 6.54 Å². The van der Waals surface area contributed by atoms with E-state index in [0.717, 1.165) is 6.42 Å². The summed E-state index contributed by atoms with van der Waals surface area (Å²) in [6.07, 6.45) is 0.970. The molecule has 0 radical (unpaired) electrons. The third-order valence-corrected chi connectivity index (χ3v) is 3.69. The Morgan fingerprint density at radius 2 is 2.12 bits per heavy atom. The van der Waals surface area contributed by atoms with E-state index in [1.165, 1.54) is 12.1 Å². The quantitative estimate of drug-likeness (QED) is 0.901. The molecule has 0 saturated heterocycles. The fourth-order valence-electron chi connectivity index (χ4n) is 1.22. The SMILES string of the molecule is CCC(C)(C)CNC(=O)c1cccc(F)c1Br. The van der Waals surface area contributed by atoms with E-state index in [1.54, 1.807) is 6.07 Å². The van der Waals surface area contributed by atoms with Gasteiger partial charge in [0.1, 0.15) is 5.82 Å². The molecule has 1 amide bonds. The number of halogens is 2. The summed E-state index contributed by atoms with van der Waals surface area (Å²) in [4.78, 5) is 11.9. The summed E-state index contributed by atoms with van der Waals surface area (Å²) in [6, 6.07) is 4.44. The molecule has 0 aliphatic rings. The third kappa shape index (κ3) is 3.80. The van der Waals surface area contributed by atoms with Gasteiger partial charge in [0.2, 0.25) is 0 Å². The van der Waals surface area contributed by atoms with E-state index in [0.29, 0.717) is 12.1 Å². The minimum atomic E-state index is -0.424. The van der Waals surface area contributed by atoms with Crippen LogP contribution in [0.5, 0.6) is 0 Å². The molecule has 2 nitrogen and oxygen atoms in total. The molecular weight excluding hydrogens is 285 g/mol. The maximum absolute atomic E-state index is 13.3. The highest BCUT2D eigenvalue weighted by atomic mass is 79.9. The minimum Gasteiger partial charge on any atom is -0.351 e. The van der Waals surface area contributed by atoms with Crippen LogP contribution in [0.3, 0.4) is 0 Å². The largest absolute Gasteiger partial charge is 0.351 e. The molecule has 0 bridgehead atoms. The molecule has 1 N–H and O–H groups in total. The number of carbonyl (C=O) groups excluding carboxylic acids is 1. The Kier molecular flexibility index (Phi) is 4.69. The van der Waals surface area contributed by atoms with Crippen molar-refractivity contribution >= 4 is 21.8 Å². The van der Waals surface area contributed by atoms with Gasteiger partial charge in [-0.25, -0.2) is 4.39 Å². The first-order valence-corrected chi connectivity index (χ1v) is 6.39. The Morgan fingerprint density at radius 3 is 2.71 bits per heavy atom. The lowest BCUT2D eigenvalue weighted by Gasteiger charge is -2.23. The fourth-order valence-corrected chi connectivity index (χ4v) is 1.66. The highest BCUT2D eigenvalue weighted by Gasteiger charge is 2.18. The van der Waals surface area contributed by atoms with Crippen LogP contribution in [-0.4, -0.2) is 12.5 Å². The van der Waals surface area contributed by atoms with Crippen LogP contribution >= 0.6 is 15.9 Å². The summed E-state index contributed by atoms with van der Waals surface area (Å²) < 4.78 is 13.5. The van der Waals surface area contributed by atoms with Gasteiger partial charge in [-0.1, -0.05) is 26.8 Å². The average molecular weight is 302 g/mol. The van der Waals surface area contributed by atoms with Crippen LogP contribution in [0.4, 0.5) is 4.39 Å². The number of carbonyl (C=O) groups is 1. The smallest absolute Gasteiger partial charge is 0.252 e. The van der Waals surface area contributed by atoms with Gasteiger partial charge in [-0.05, 0) is 39.9 Å². The Labute approximate surface area is 110 Å². The van der Waals surface area contributed by atoms with Crippen LogP contribution in [0.2, 0.25) is 0 Å². The van der Waals surface area contributed by atoms with E-state index < -0.39 is 5.82 Å². The summed E-state index contributed by atoms with van der Waals surface area (Å²) in [7, 11) is 0. The highest BCUT2D eigenvalue weighted by molar-refractivity contribution is 9.10. The van der Waals surface area contributed by atoms with Crippen LogP contribution in [0.25, 0.3) is 0 Å². The normalized spacial score (nSPS) is 11.4. The molecule has 1 rings (SSSR count). The summed E-state index contributed by atoms with van der Waals surface area (Å²) in [5, 5.41) is 2.82. The van der Waals surface area contributed by atoms with Crippen LogP contribution in [0.1, 0.15) is 37.6 Å². The number of nitrogens with one attached hydrogen (secondary N) is 1. The van der Waals surface area contributed by atoms with Crippen molar-refractivity contribution in [3.8, 4) is 0 Å². The van der Waals surface area contributed by atoms with Crippen molar-refractivity contribution in [1.29, 1.82) is 0 Å². The Balaban J connectivity index is 2.74. The van der Waals surface area contributed by atoms with Crippen LogP contribution in [0.15, 0.2) is 22.7 Å². The molecule has 0 aromatic heterocycles. The molecule has 0 aliphatic carbocycles. The molecule has 1 aromatic rings. The monoisotopic (exact) mass is 301 g/mol. The summed E-state index contributed by atoms with van der Waals surface area (Å²) in [6.45, 7) is 6.80. The van der Waals surface area contributed by atoms with Gasteiger partial charge in [0.05, 0.1) is 10.0 Å². The molecule has 0 saturated carbocycles. The van der Waals surface area contributed by atoms with Gasteiger partial charge in [0.15, 0.2) is 0 Å². The van der Waals surface area contributed by atoms with Crippen LogP contribution < -0.4 is 5.32 Å². The van der Waals surface area contributed by atoms with Crippen molar-refractivity contribution in [1.82, 2.24) is 5.32 Å². The Hall–Kier alpha value is -0.900. The standard InChI is InChI=1S/C13H17BrFNO/c1-4-13(2,3)8-16-12(17)9-6-5-7-10(15)11(9)14/h5-7H,4,8H2,1-3H3,(H,16,17). The van der Waals surface area contributed by atoms with E-state index >= 15 is 0 Å². The first-order chi connectivity index (χ1) is 7.87. The molecular formula is C13H17BrFNO. The molecule has 0 heterocycles. The maximum Gasteiger partial charge on any atom is 0.252 e. The lowest BCUT2D eigenvalue weighted by molar-refractivity contribution is 0.0934. The Morgan fingerprint density at radius 1 is 1.47 bits per heavy atom. The first kappa shape index (κ1) is 14.2. The van der Waals surface area contributed by atoms with Crippen molar-refractivity contribution in [2.24, 2.45) is 5.41 Å². The van der Waals surface area contributed by atoms with E-state index in [1.807, 2.05) is 0 Å². The van der Waals surface area contributed by atoms with Gasteiger partial charge in [-0.3, -0.25) is 4.79 Å². The summed E-state index contributed by atoms with van der Waals surface area (Å²) >= 11 is 3.08. The van der Waals surface area contributed by atoms with Crippen molar-refractivity contribution in [2.45, 2.75) is 27.2 Å². The fraction of sp³-hybridized carbons (Fsp3) is 0.462. The van der Waals surface area contributed by atoms with Crippen molar-refractivity contribution in [3.63, 3.8) is 0 Å². The van der Waals surface area contributed by atoms with E-state index in [2.05, 4.69) is 42.0 Å². The predicted octanol–water partition coefficient (Wildman–Crippen LogP) is 3.75. The lowest BCUT2D eigenvalue weighted by atomic mass is 9.90.